The van der Waals surface area contributed by atoms with E-state index in [1.54, 1.807) is 6.08 Å². The van der Waals surface area contributed by atoms with Crippen LogP contribution in [0.3, 0.4) is 0 Å². The van der Waals surface area contributed by atoms with Gasteiger partial charge in [-0.25, -0.2) is 0 Å². The number of aliphatic hydroxyl groups is 11. The Balaban J connectivity index is 1.38. The van der Waals surface area contributed by atoms with E-state index in [9.17, 15) is 61.0 Å². The lowest BCUT2D eigenvalue weighted by Gasteiger charge is -2.48. The first-order chi connectivity index (χ1) is 46.3. The first-order valence-electron chi connectivity index (χ1n) is 38.7. The molecule has 17 unspecified atom stereocenters. The number of amides is 1. The molecule has 3 fully saturated rings. The van der Waals surface area contributed by atoms with Crippen molar-refractivity contribution in [3.05, 3.63) is 36.5 Å². The third-order valence-corrected chi connectivity index (χ3v) is 19.4. The van der Waals surface area contributed by atoms with Gasteiger partial charge in [-0.3, -0.25) is 4.79 Å². The maximum Gasteiger partial charge on any atom is 0.220 e. The van der Waals surface area contributed by atoms with Crippen LogP contribution in [0.15, 0.2) is 36.5 Å². The maximum absolute atomic E-state index is 13.4. The summed E-state index contributed by atoms with van der Waals surface area (Å²) < 4.78 is 34.4. The molecule has 17 atom stereocenters. The van der Waals surface area contributed by atoms with Crippen molar-refractivity contribution in [2.24, 2.45) is 0 Å². The molecule has 0 saturated carbocycles. The molecule has 0 aromatic heterocycles. The number of hydrogen-bond acceptors (Lipinski definition) is 18. The lowest BCUT2D eigenvalue weighted by atomic mass is 9.96. The largest absolute Gasteiger partial charge is 0.394 e. The van der Waals surface area contributed by atoms with Gasteiger partial charge in [-0.05, 0) is 44.9 Å². The number of hydrogen-bond donors (Lipinski definition) is 12. The summed E-state index contributed by atoms with van der Waals surface area (Å²) in [6.45, 7) is 1.75. The van der Waals surface area contributed by atoms with E-state index in [-0.39, 0.29) is 18.9 Å². The molecule has 19 heteroatoms. The molecule has 3 rings (SSSR count). The summed E-state index contributed by atoms with van der Waals surface area (Å²) in [4.78, 5) is 13.4. The minimum atomic E-state index is -1.98. The predicted octanol–water partition coefficient (Wildman–Crippen LogP) is 11.9. The van der Waals surface area contributed by atoms with Gasteiger partial charge in [0.05, 0.1) is 38.6 Å². The van der Waals surface area contributed by atoms with Gasteiger partial charge in [0, 0.05) is 6.42 Å². The highest BCUT2D eigenvalue weighted by molar-refractivity contribution is 5.76. The first-order valence-corrected chi connectivity index (χ1v) is 38.7. The molecule has 3 aliphatic rings. The number of rotatable bonds is 61. The Hall–Kier alpha value is -1.99. The Bertz CT molecular complexity index is 1860. The van der Waals surface area contributed by atoms with Gasteiger partial charge >= 0.3 is 0 Å². The first kappa shape index (κ1) is 87.2. The normalized spacial score (nSPS) is 27.4. The van der Waals surface area contributed by atoms with Crippen molar-refractivity contribution in [2.45, 2.75) is 413 Å². The number of allylic oxidation sites excluding steroid dienone is 5. The Morgan fingerprint density at radius 1 is 0.368 bits per heavy atom. The molecule has 558 valence electrons. The van der Waals surface area contributed by atoms with Gasteiger partial charge in [0.25, 0.3) is 0 Å². The zero-order valence-corrected chi connectivity index (χ0v) is 59.4. The second-order valence-electron chi connectivity index (χ2n) is 27.8. The highest BCUT2D eigenvalue weighted by Gasteiger charge is 2.53. The molecule has 12 N–H and O–H groups in total. The van der Waals surface area contributed by atoms with Gasteiger partial charge < -0.3 is 89.9 Å². The van der Waals surface area contributed by atoms with Gasteiger partial charge in [-0.2, -0.15) is 0 Å². The van der Waals surface area contributed by atoms with Crippen LogP contribution in [0, 0.1) is 0 Å². The summed E-state index contributed by atoms with van der Waals surface area (Å²) >= 11 is 0. The SMILES string of the molecule is CCCCCCCCCCC/C=C/CC/C=C/CC/C=C/C(O)C(COC1OC(CO)C(OC2OC(CO)C(OC3OC(CO)C(O)C(O)C3O)C(O)C2O)C(O)C1O)NC(=O)CCCCCCCCCCCCCCCCCCCCCCCCCCCCCCCCC. The average Bonchev–Trinajstić information content (AvgIpc) is 0.786. The van der Waals surface area contributed by atoms with Crippen molar-refractivity contribution in [3.63, 3.8) is 0 Å². The summed E-state index contributed by atoms with van der Waals surface area (Å²) in [5, 5.41) is 121. The predicted molar refractivity (Wildman–Crippen MR) is 374 cm³/mol. The lowest BCUT2D eigenvalue weighted by Crippen LogP contribution is -2.66. The zero-order valence-electron chi connectivity index (χ0n) is 59.4. The summed E-state index contributed by atoms with van der Waals surface area (Å²) in [5.41, 5.74) is 0. The van der Waals surface area contributed by atoms with Crippen molar-refractivity contribution in [2.75, 3.05) is 26.4 Å². The van der Waals surface area contributed by atoms with Gasteiger partial charge in [0.2, 0.25) is 5.91 Å². The molecule has 3 heterocycles. The van der Waals surface area contributed by atoms with E-state index in [4.69, 9.17) is 28.4 Å². The summed E-state index contributed by atoms with van der Waals surface area (Å²) in [7, 11) is 0. The van der Waals surface area contributed by atoms with Gasteiger partial charge in [0.1, 0.15) is 73.2 Å². The van der Waals surface area contributed by atoms with Crippen LogP contribution >= 0.6 is 0 Å². The molecule has 1 amide bonds. The Kier molecular flexibility index (Phi) is 52.9. The highest BCUT2D eigenvalue weighted by Crippen LogP contribution is 2.33. The number of ether oxygens (including phenoxy) is 6. The van der Waals surface area contributed by atoms with Crippen LogP contribution in [-0.2, 0) is 33.2 Å². The second-order valence-corrected chi connectivity index (χ2v) is 27.8. The van der Waals surface area contributed by atoms with Crippen LogP contribution < -0.4 is 5.32 Å². The summed E-state index contributed by atoms with van der Waals surface area (Å²) in [6.07, 6.45) is 42.9. The van der Waals surface area contributed by atoms with Crippen molar-refractivity contribution >= 4 is 5.91 Å². The number of nitrogens with one attached hydrogen (secondary N) is 1. The van der Waals surface area contributed by atoms with Crippen LogP contribution in [0.4, 0.5) is 0 Å². The fourth-order valence-corrected chi connectivity index (χ4v) is 13.2. The van der Waals surface area contributed by atoms with Crippen molar-refractivity contribution < 1.29 is 89.4 Å². The van der Waals surface area contributed by atoms with E-state index in [0.717, 1.165) is 44.9 Å². The van der Waals surface area contributed by atoms with Crippen molar-refractivity contribution in [1.29, 1.82) is 0 Å². The third-order valence-electron chi connectivity index (χ3n) is 19.4. The molecule has 0 spiro atoms. The van der Waals surface area contributed by atoms with Gasteiger partial charge in [-0.1, -0.05) is 294 Å². The number of carbonyl (C=O) groups is 1. The highest BCUT2D eigenvalue weighted by atomic mass is 16.8. The van der Waals surface area contributed by atoms with Crippen LogP contribution in [0.25, 0.3) is 0 Å². The zero-order chi connectivity index (χ0) is 68.9. The topological polar surface area (TPSA) is 307 Å². The molecule has 3 aliphatic heterocycles. The molecule has 3 saturated heterocycles. The van der Waals surface area contributed by atoms with Crippen molar-refractivity contribution in [3.8, 4) is 0 Å². The van der Waals surface area contributed by atoms with Crippen LogP contribution in [0.2, 0.25) is 0 Å². The quantitative estimate of drug-likeness (QED) is 0.0199. The monoisotopic (exact) mass is 1360 g/mol. The molecular weight excluding hydrogens is 1210 g/mol. The minimum absolute atomic E-state index is 0.236. The number of carbonyl (C=O) groups excluding carboxylic acids is 1. The van der Waals surface area contributed by atoms with Gasteiger partial charge in [-0.15, -0.1) is 0 Å². The van der Waals surface area contributed by atoms with E-state index in [2.05, 4.69) is 43.5 Å². The van der Waals surface area contributed by atoms with Gasteiger partial charge in [0.15, 0.2) is 18.9 Å². The Labute approximate surface area is 574 Å². The fraction of sp³-hybridized carbons (Fsp3) is 0.908. The Morgan fingerprint density at radius 2 is 0.674 bits per heavy atom. The van der Waals surface area contributed by atoms with E-state index in [1.165, 1.54) is 231 Å². The van der Waals surface area contributed by atoms with Crippen LogP contribution in [0.1, 0.15) is 309 Å². The standard InChI is InChI=1S/C76H141NO18/c1-3-5-7-9-11-13-15-17-19-21-23-24-25-26-27-28-29-30-31-32-33-34-36-38-40-42-44-46-48-50-52-54-64(82)77-59(60(81)53-51-49-47-45-43-41-39-37-35-22-20-18-16-14-12-10-8-6-4-2)58-90-74-70(88)67(85)72(62(56-79)92-74)95-76-71(89)68(86)73(63(57-80)93-76)94-75-69(87)66(84)65(83)61(55-78)91-75/h35,37,43,45,51,53,59-63,65-76,78-81,83-89H,3-34,36,38-42,44,46-50,52,54-58H2,1-2H3,(H,77,82)/b37-35+,45-43+,53-51+. The molecule has 0 radical (unpaired) electrons. The summed E-state index contributed by atoms with van der Waals surface area (Å²) in [6, 6.07) is -0.995. The number of unbranched alkanes of at least 4 members (excludes halogenated alkanes) is 41. The molecule has 19 nitrogen and oxygen atoms in total. The average molecular weight is 1360 g/mol. The van der Waals surface area contributed by atoms with E-state index < -0.39 is 124 Å². The molecule has 0 aliphatic carbocycles. The molecular formula is C76H141NO18. The summed E-state index contributed by atoms with van der Waals surface area (Å²) in [5.74, 6) is -0.284. The second kappa shape index (κ2) is 57.6. The fourth-order valence-electron chi connectivity index (χ4n) is 13.2. The van der Waals surface area contributed by atoms with E-state index >= 15 is 0 Å². The van der Waals surface area contributed by atoms with Crippen LogP contribution in [0.5, 0.6) is 0 Å². The lowest BCUT2D eigenvalue weighted by molar-refractivity contribution is -0.379. The van der Waals surface area contributed by atoms with Crippen LogP contribution in [-0.4, -0.2) is 193 Å². The smallest absolute Gasteiger partial charge is 0.220 e. The maximum atomic E-state index is 13.4. The van der Waals surface area contributed by atoms with Crippen molar-refractivity contribution in [1.82, 2.24) is 5.32 Å². The third kappa shape index (κ3) is 38.6. The van der Waals surface area contributed by atoms with E-state index in [1.807, 2.05) is 6.08 Å². The Morgan fingerprint density at radius 3 is 1.05 bits per heavy atom. The molecule has 0 aromatic rings. The molecule has 95 heavy (non-hydrogen) atoms. The minimum Gasteiger partial charge on any atom is -0.394 e. The molecule has 0 aromatic carbocycles. The number of aliphatic hydroxyl groups excluding tert-OH is 11. The van der Waals surface area contributed by atoms with E-state index in [0.29, 0.717) is 12.8 Å². The molecule has 0 bridgehead atoms.